The summed E-state index contributed by atoms with van der Waals surface area (Å²) in [7, 11) is 1.48. The maximum Gasteiger partial charge on any atom is 0.266 e. The number of benzene rings is 4. The fourth-order valence-electron chi connectivity index (χ4n) is 3.81. The second kappa shape index (κ2) is 10.9. The van der Waals surface area contributed by atoms with Gasteiger partial charge in [0.25, 0.3) is 5.91 Å². The molecule has 36 heavy (non-hydrogen) atoms. The van der Waals surface area contributed by atoms with Crippen LogP contribution in [0.2, 0.25) is 5.02 Å². The number of nitrogens with zero attached hydrogens (tertiary/aromatic N) is 1. The lowest BCUT2D eigenvalue weighted by atomic mass is 10.0. The van der Waals surface area contributed by atoms with E-state index < -0.39 is 11.7 Å². The standard InChI is InChI=1S/C29H22ClFN2O3/c1-18-11-12-20-7-3-4-8-22(20)23(18)17-36-28-24(30)14-19(15-27(28)35-2)13-21(16-32)29(34)33-26-10-6-5-9-25(26)31/h3-15H,17H2,1-2H3,(H,33,34)/b21-13+. The minimum absolute atomic E-state index is 0.0215. The van der Waals surface area contributed by atoms with Gasteiger partial charge in [-0.05, 0) is 59.2 Å². The number of nitrogens with one attached hydrogen (secondary N) is 1. The molecule has 0 saturated carbocycles. The van der Waals surface area contributed by atoms with E-state index in [1.54, 1.807) is 18.2 Å². The van der Waals surface area contributed by atoms with E-state index in [4.69, 9.17) is 21.1 Å². The summed E-state index contributed by atoms with van der Waals surface area (Å²) in [6.45, 7) is 2.29. The van der Waals surface area contributed by atoms with Crippen molar-refractivity contribution in [3.8, 4) is 17.6 Å². The highest BCUT2D eigenvalue weighted by molar-refractivity contribution is 6.32. The van der Waals surface area contributed by atoms with Gasteiger partial charge in [0, 0.05) is 5.56 Å². The quantitative estimate of drug-likeness (QED) is 0.217. The number of methoxy groups -OCH3 is 1. The monoisotopic (exact) mass is 500 g/mol. The largest absolute Gasteiger partial charge is 0.493 e. The normalized spacial score (nSPS) is 11.1. The third-order valence-corrected chi connectivity index (χ3v) is 5.97. The number of fused-ring (bicyclic) bond motifs is 1. The van der Waals surface area contributed by atoms with Crippen LogP contribution >= 0.6 is 11.6 Å². The maximum atomic E-state index is 13.9. The predicted molar refractivity (Wildman–Crippen MR) is 140 cm³/mol. The minimum atomic E-state index is -0.746. The summed E-state index contributed by atoms with van der Waals surface area (Å²) in [5, 5.41) is 14.4. The van der Waals surface area contributed by atoms with Crippen molar-refractivity contribution < 1.29 is 18.7 Å². The van der Waals surface area contributed by atoms with Gasteiger partial charge in [0.1, 0.15) is 24.1 Å². The zero-order chi connectivity index (χ0) is 25.7. The van der Waals surface area contributed by atoms with Crippen LogP contribution in [0.5, 0.6) is 11.5 Å². The number of aryl methyl sites for hydroxylation is 1. The van der Waals surface area contributed by atoms with Crippen LogP contribution in [0.1, 0.15) is 16.7 Å². The molecular formula is C29H22ClFN2O3. The zero-order valence-electron chi connectivity index (χ0n) is 19.6. The summed E-state index contributed by atoms with van der Waals surface area (Å²) >= 11 is 6.53. The molecule has 1 amide bonds. The molecular weight excluding hydrogens is 479 g/mol. The molecule has 0 aromatic heterocycles. The molecule has 0 saturated heterocycles. The Morgan fingerprint density at radius 3 is 2.61 bits per heavy atom. The summed E-state index contributed by atoms with van der Waals surface area (Å²) in [6.07, 6.45) is 1.35. The van der Waals surface area contributed by atoms with Crippen LogP contribution in [0.25, 0.3) is 16.8 Å². The van der Waals surface area contributed by atoms with Crippen molar-refractivity contribution in [1.29, 1.82) is 5.26 Å². The van der Waals surface area contributed by atoms with Crippen LogP contribution in [0.4, 0.5) is 10.1 Å². The van der Waals surface area contributed by atoms with Crippen molar-refractivity contribution >= 4 is 40.0 Å². The highest BCUT2D eigenvalue weighted by atomic mass is 35.5. The highest BCUT2D eigenvalue weighted by Crippen LogP contribution is 2.38. The fourth-order valence-corrected chi connectivity index (χ4v) is 4.09. The van der Waals surface area contributed by atoms with E-state index in [2.05, 4.69) is 11.4 Å². The topological polar surface area (TPSA) is 71.3 Å². The van der Waals surface area contributed by atoms with Crippen LogP contribution in [0.3, 0.4) is 0 Å². The van der Waals surface area contributed by atoms with Gasteiger partial charge in [-0.15, -0.1) is 0 Å². The van der Waals surface area contributed by atoms with Gasteiger partial charge < -0.3 is 14.8 Å². The second-order valence-electron chi connectivity index (χ2n) is 8.01. The molecule has 0 spiro atoms. The third kappa shape index (κ3) is 5.32. The summed E-state index contributed by atoms with van der Waals surface area (Å²) in [4.78, 5) is 12.5. The SMILES string of the molecule is COc1cc(/C=C(\C#N)C(=O)Nc2ccccc2F)cc(Cl)c1OCc1c(C)ccc2ccccc12. The average molecular weight is 501 g/mol. The van der Waals surface area contributed by atoms with Crippen molar-refractivity contribution in [2.45, 2.75) is 13.5 Å². The van der Waals surface area contributed by atoms with Crippen LogP contribution in [-0.2, 0) is 11.4 Å². The van der Waals surface area contributed by atoms with Crippen molar-refractivity contribution in [2.75, 3.05) is 12.4 Å². The van der Waals surface area contributed by atoms with E-state index >= 15 is 0 Å². The Balaban J connectivity index is 1.60. The van der Waals surface area contributed by atoms with Crippen molar-refractivity contribution in [3.63, 3.8) is 0 Å². The van der Waals surface area contributed by atoms with Crippen LogP contribution in [-0.4, -0.2) is 13.0 Å². The van der Waals surface area contributed by atoms with E-state index in [1.165, 1.54) is 31.4 Å². The summed E-state index contributed by atoms with van der Waals surface area (Å²) < 4.78 is 25.5. The number of ether oxygens (including phenoxy) is 2. The molecule has 0 aliphatic heterocycles. The second-order valence-corrected chi connectivity index (χ2v) is 8.42. The number of anilines is 1. The minimum Gasteiger partial charge on any atom is -0.493 e. The number of hydrogen-bond donors (Lipinski definition) is 1. The van der Waals surface area contributed by atoms with Gasteiger partial charge in [0.05, 0.1) is 17.8 Å². The number of rotatable bonds is 7. The molecule has 4 rings (SSSR count). The zero-order valence-corrected chi connectivity index (χ0v) is 20.4. The molecule has 0 aliphatic carbocycles. The molecule has 0 atom stereocenters. The third-order valence-electron chi connectivity index (χ3n) is 5.69. The molecule has 0 aliphatic rings. The molecule has 180 valence electrons. The molecule has 7 heteroatoms. The Labute approximate surface area is 213 Å². The van der Waals surface area contributed by atoms with E-state index in [1.807, 2.05) is 43.3 Å². The number of carbonyl (C=O) groups is 1. The number of nitriles is 1. The summed E-state index contributed by atoms with van der Waals surface area (Å²) in [6, 6.07) is 22.9. The molecule has 4 aromatic rings. The van der Waals surface area contributed by atoms with Crippen LogP contribution in [0.15, 0.2) is 78.4 Å². The van der Waals surface area contributed by atoms with Gasteiger partial charge in [-0.1, -0.05) is 60.1 Å². The van der Waals surface area contributed by atoms with Gasteiger partial charge in [-0.3, -0.25) is 4.79 Å². The van der Waals surface area contributed by atoms with Gasteiger partial charge in [0.15, 0.2) is 11.5 Å². The van der Waals surface area contributed by atoms with E-state index in [-0.39, 0.29) is 22.9 Å². The van der Waals surface area contributed by atoms with Crippen LogP contribution in [0, 0.1) is 24.1 Å². The van der Waals surface area contributed by atoms with Gasteiger partial charge in [-0.2, -0.15) is 5.26 Å². The first-order chi connectivity index (χ1) is 17.4. The van der Waals surface area contributed by atoms with Crippen LogP contribution < -0.4 is 14.8 Å². The maximum absolute atomic E-state index is 13.9. The Kier molecular flexibility index (Phi) is 7.53. The molecule has 5 nitrogen and oxygen atoms in total. The molecule has 0 radical (unpaired) electrons. The molecule has 0 unspecified atom stereocenters. The van der Waals surface area contributed by atoms with Gasteiger partial charge in [0.2, 0.25) is 0 Å². The Morgan fingerprint density at radius 1 is 1.11 bits per heavy atom. The predicted octanol–water partition coefficient (Wildman–Crippen LogP) is 7.07. The number of hydrogen-bond acceptors (Lipinski definition) is 4. The lowest BCUT2D eigenvalue weighted by Crippen LogP contribution is -2.14. The molecule has 0 bridgehead atoms. The van der Waals surface area contributed by atoms with E-state index in [9.17, 15) is 14.4 Å². The number of amides is 1. The number of carbonyl (C=O) groups excluding carboxylic acids is 1. The summed E-state index contributed by atoms with van der Waals surface area (Å²) in [5.74, 6) is -0.656. The van der Waals surface area contributed by atoms with Crippen molar-refractivity contribution in [3.05, 3.63) is 106 Å². The Hall–Kier alpha value is -4.34. The first-order valence-corrected chi connectivity index (χ1v) is 11.4. The van der Waals surface area contributed by atoms with Crippen molar-refractivity contribution in [2.24, 2.45) is 0 Å². The van der Waals surface area contributed by atoms with E-state index in [0.29, 0.717) is 17.1 Å². The summed E-state index contributed by atoms with van der Waals surface area (Å²) in [5.41, 5.74) is 2.32. The molecule has 0 heterocycles. The number of para-hydroxylation sites is 1. The average Bonchev–Trinajstić information content (AvgIpc) is 2.88. The first kappa shape index (κ1) is 24.8. The highest BCUT2D eigenvalue weighted by Gasteiger charge is 2.16. The van der Waals surface area contributed by atoms with Gasteiger partial charge >= 0.3 is 0 Å². The Morgan fingerprint density at radius 2 is 1.86 bits per heavy atom. The molecule has 1 N–H and O–H groups in total. The van der Waals surface area contributed by atoms with Crippen molar-refractivity contribution in [1.82, 2.24) is 0 Å². The smallest absolute Gasteiger partial charge is 0.266 e. The fraction of sp³-hybridized carbons (Fsp3) is 0.103. The van der Waals surface area contributed by atoms with Gasteiger partial charge in [-0.25, -0.2) is 4.39 Å². The molecule has 4 aromatic carbocycles. The van der Waals surface area contributed by atoms with E-state index in [0.717, 1.165) is 21.9 Å². The molecule has 0 fully saturated rings. The number of halogens is 2. The first-order valence-electron chi connectivity index (χ1n) is 11.1. The lowest BCUT2D eigenvalue weighted by Gasteiger charge is -2.16. The lowest BCUT2D eigenvalue weighted by molar-refractivity contribution is -0.112. The Bertz CT molecular complexity index is 1530.